The van der Waals surface area contributed by atoms with Crippen LogP contribution in [0.4, 0.5) is 0 Å². The van der Waals surface area contributed by atoms with Crippen molar-refractivity contribution in [3.05, 3.63) is 0 Å². The topological polar surface area (TPSA) is 354 Å². The minimum Gasteiger partial charge on any atom is -0.479 e. The van der Waals surface area contributed by atoms with Gasteiger partial charge in [0.1, 0.15) is 67.1 Å². The summed E-state index contributed by atoms with van der Waals surface area (Å²) < 4.78 is 80.9. The molecule has 0 saturated carbocycles. The van der Waals surface area contributed by atoms with Gasteiger partial charge in [0.05, 0.1) is 18.3 Å². The van der Waals surface area contributed by atoms with E-state index in [4.69, 9.17) is 42.4 Å². The van der Waals surface area contributed by atoms with Gasteiger partial charge in [0, 0.05) is 6.92 Å². The highest BCUT2D eigenvalue weighted by atomic mass is 32.3. The van der Waals surface area contributed by atoms with Crippen molar-refractivity contribution >= 4 is 22.3 Å². The van der Waals surface area contributed by atoms with Crippen LogP contribution >= 0.6 is 0 Å². The Hall–Kier alpha value is -1.79. The van der Waals surface area contributed by atoms with Gasteiger partial charge in [0.25, 0.3) is 0 Å². The van der Waals surface area contributed by atoms with E-state index in [1.165, 1.54) is 20.8 Å². The maximum absolute atomic E-state index is 12.2. The molecule has 0 radical (unpaired) electrons. The van der Waals surface area contributed by atoms with Crippen molar-refractivity contribution in [3.8, 4) is 0 Å². The molecule has 50 heavy (non-hydrogen) atoms. The number of ether oxygens (including phenoxy) is 8. The molecule has 290 valence electrons. The van der Waals surface area contributed by atoms with Crippen LogP contribution in [0.3, 0.4) is 0 Å². The van der Waals surface area contributed by atoms with Gasteiger partial charge in [-0.25, -0.2) is 8.98 Å². The quantitative estimate of drug-likeness (QED) is 0.0732. The van der Waals surface area contributed by atoms with E-state index in [9.17, 15) is 64.0 Å². The molecule has 0 aromatic heterocycles. The Bertz CT molecular complexity index is 1270. The smallest absolute Gasteiger partial charge is 0.397 e. The third-order valence-electron chi connectivity index (χ3n) is 8.53. The van der Waals surface area contributed by atoms with E-state index in [1.54, 1.807) is 0 Å². The van der Waals surface area contributed by atoms with Crippen LogP contribution in [0.25, 0.3) is 0 Å². The van der Waals surface area contributed by atoms with Gasteiger partial charge in [0.15, 0.2) is 37.4 Å². The Balaban J connectivity index is 1.75. The highest BCUT2D eigenvalue weighted by molar-refractivity contribution is 7.80. The first-order chi connectivity index (χ1) is 23.1. The maximum atomic E-state index is 12.2. The van der Waals surface area contributed by atoms with Crippen molar-refractivity contribution in [1.82, 2.24) is 0 Å². The molecular weight excluding hydrogens is 712 g/mol. The Morgan fingerprint density at radius 3 is 1.66 bits per heavy atom. The summed E-state index contributed by atoms with van der Waals surface area (Å²) in [5, 5.41) is 94.0. The summed E-state index contributed by atoms with van der Waals surface area (Å²) in [5.74, 6) is -2.73. The number of esters is 1. The maximum Gasteiger partial charge on any atom is 0.397 e. The lowest BCUT2D eigenvalue weighted by atomic mass is 9.95. The fourth-order valence-electron chi connectivity index (χ4n) is 5.93. The molecule has 23 nitrogen and oxygen atoms in total. The lowest BCUT2D eigenvalue weighted by molar-refractivity contribution is -0.399. The van der Waals surface area contributed by atoms with Crippen LogP contribution in [0, 0.1) is 0 Å². The fraction of sp³-hybridized carbons (Fsp3) is 0.923. The zero-order valence-electron chi connectivity index (χ0n) is 26.7. The van der Waals surface area contributed by atoms with Gasteiger partial charge in [-0.2, -0.15) is 8.42 Å². The first-order valence-corrected chi connectivity index (χ1v) is 16.6. The Labute approximate surface area is 283 Å². The summed E-state index contributed by atoms with van der Waals surface area (Å²) in [6.45, 7) is 4.80. The molecule has 0 aliphatic carbocycles. The van der Waals surface area contributed by atoms with Gasteiger partial charge in [-0.1, -0.05) is 0 Å². The van der Waals surface area contributed by atoms with Crippen molar-refractivity contribution < 1.29 is 111 Å². The number of carbonyl (C=O) groups excluding carboxylic acids is 1. The minimum atomic E-state index is -5.16. The highest BCUT2D eigenvalue weighted by Crippen LogP contribution is 2.37. The highest BCUT2D eigenvalue weighted by Gasteiger charge is 2.57. The van der Waals surface area contributed by atoms with Gasteiger partial charge in [-0.05, 0) is 20.8 Å². The van der Waals surface area contributed by atoms with E-state index in [2.05, 4.69) is 4.18 Å². The predicted octanol–water partition coefficient (Wildman–Crippen LogP) is -6.18. The lowest BCUT2D eigenvalue weighted by Gasteiger charge is -2.50. The zero-order valence-corrected chi connectivity index (χ0v) is 27.6. The second kappa shape index (κ2) is 16.1. The predicted molar refractivity (Wildman–Crippen MR) is 150 cm³/mol. The second-order valence-electron chi connectivity index (χ2n) is 12.2. The zero-order chi connectivity index (χ0) is 37.6. The number of carbonyl (C=O) groups is 2. The molecule has 4 aliphatic rings. The van der Waals surface area contributed by atoms with Gasteiger partial charge in [-0.15, -0.1) is 0 Å². The van der Waals surface area contributed by atoms with E-state index in [-0.39, 0.29) is 0 Å². The van der Waals surface area contributed by atoms with E-state index >= 15 is 0 Å². The van der Waals surface area contributed by atoms with Crippen molar-refractivity contribution in [2.75, 3.05) is 0 Å². The van der Waals surface area contributed by atoms with Gasteiger partial charge >= 0.3 is 22.3 Å². The van der Waals surface area contributed by atoms with Gasteiger partial charge in [-0.3, -0.25) is 9.35 Å². The summed E-state index contributed by atoms with van der Waals surface area (Å²) in [6, 6.07) is 0. The molecule has 0 spiro atoms. The van der Waals surface area contributed by atoms with Crippen molar-refractivity contribution in [1.29, 1.82) is 0 Å². The number of aliphatic carboxylic acids is 1. The van der Waals surface area contributed by atoms with Crippen LogP contribution in [0.15, 0.2) is 0 Å². The monoisotopic (exact) mass is 754 g/mol. The summed E-state index contributed by atoms with van der Waals surface area (Å²) >= 11 is 0. The third kappa shape index (κ3) is 8.87. The summed E-state index contributed by atoms with van der Waals surface area (Å²) in [6.07, 6.45) is -37.4. The number of aliphatic hydroxyl groups is 8. The normalized spacial score (nSPS) is 48.9. The molecule has 0 bridgehead atoms. The average molecular weight is 755 g/mol. The van der Waals surface area contributed by atoms with Gasteiger partial charge in [0.2, 0.25) is 0 Å². The summed E-state index contributed by atoms with van der Waals surface area (Å²) in [4.78, 5) is 24.0. The molecule has 4 heterocycles. The first-order valence-electron chi connectivity index (χ1n) is 15.2. The van der Waals surface area contributed by atoms with Crippen molar-refractivity contribution in [2.24, 2.45) is 0 Å². The Morgan fingerprint density at radius 1 is 0.560 bits per heavy atom. The SMILES string of the molecule is CC(=O)O[C@H]1[C@@H](O[C@@H]2O[C@@H](C)[C@@H](OS(=O)(=O)O)[C@@H](O)[C@@H]2O)[C@H](O[C@H]2O[C@H](C(=O)O)[C@@H](O)[C@H](O)[C@H]2O)[C@H](O[C@@H]2[C@H](O)[C@H](C)OC(O)[C@H]2O)O[C@H]1C. The molecule has 4 aliphatic heterocycles. The standard InChI is InChI=1S/C26H42O23S/c1-5-9(28)18(15(34)23(37)41-5)45-26-21(48-25-13(32)10(29)11(30)19(46-25)22(35)36)20(17(7(3)43-26)44-8(4)27)47-24-14(33)12(31)16(6(2)42-24)49-50(38,39)40/h5-7,9-21,23-26,28-34,37H,1-4H3,(H,35,36)(H,38,39,40)/t5-,6-,7-,9+,10-,11-,12-,13+,14-,15-,16+,17+,18+,19-,20+,21-,23?,24-,25+,26-/m0/s1. The van der Waals surface area contributed by atoms with E-state index in [0.29, 0.717) is 0 Å². The number of carboxylic acids is 1. The summed E-state index contributed by atoms with van der Waals surface area (Å²) in [5.41, 5.74) is 0. The molecule has 0 aromatic carbocycles. The van der Waals surface area contributed by atoms with Crippen LogP contribution in [0.5, 0.6) is 0 Å². The van der Waals surface area contributed by atoms with E-state index < -0.39 is 145 Å². The van der Waals surface area contributed by atoms with Crippen LogP contribution < -0.4 is 0 Å². The largest absolute Gasteiger partial charge is 0.479 e. The van der Waals surface area contributed by atoms with E-state index in [1.807, 2.05) is 0 Å². The molecular formula is C26H42O23S. The molecule has 20 atom stereocenters. The lowest BCUT2D eigenvalue weighted by Crippen LogP contribution is -2.68. The fourth-order valence-corrected chi connectivity index (χ4v) is 6.48. The van der Waals surface area contributed by atoms with Crippen molar-refractivity contribution in [3.63, 3.8) is 0 Å². The van der Waals surface area contributed by atoms with Gasteiger partial charge < -0.3 is 83.9 Å². The molecule has 4 fully saturated rings. The summed E-state index contributed by atoms with van der Waals surface area (Å²) in [7, 11) is -5.16. The van der Waals surface area contributed by atoms with Crippen LogP contribution in [-0.2, 0) is 62.1 Å². The third-order valence-corrected chi connectivity index (χ3v) is 8.99. The van der Waals surface area contributed by atoms with Crippen molar-refractivity contribution in [2.45, 2.75) is 151 Å². The molecule has 24 heteroatoms. The second-order valence-corrected chi connectivity index (χ2v) is 13.3. The Kier molecular flexibility index (Phi) is 13.2. The molecule has 10 N–H and O–H groups in total. The molecule has 0 amide bonds. The molecule has 4 rings (SSSR count). The molecule has 0 aromatic rings. The van der Waals surface area contributed by atoms with Crippen LogP contribution in [0.2, 0.25) is 0 Å². The average Bonchev–Trinajstić information content (AvgIpc) is 3.01. The van der Waals surface area contributed by atoms with Crippen LogP contribution in [-0.4, -0.2) is 194 Å². The number of rotatable bonds is 10. The number of aliphatic hydroxyl groups excluding tert-OH is 8. The molecule has 4 saturated heterocycles. The minimum absolute atomic E-state index is 0.942. The number of carboxylic acid groups (broad SMARTS) is 1. The molecule has 1 unspecified atom stereocenters. The Morgan fingerprint density at radius 2 is 1.08 bits per heavy atom. The number of hydrogen-bond donors (Lipinski definition) is 10. The first kappa shape index (κ1) is 41.0. The van der Waals surface area contributed by atoms with E-state index in [0.717, 1.165) is 6.92 Å². The number of hydrogen-bond acceptors (Lipinski definition) is 21. The van der Waals surface area contributed by atoms with Crippen LogP contribution in [0.1, 0.15) is 27.7 Å².